The third kappa shape index (κ3) is 7.75. The van der Waals surface area contributed by atoms with Gasteiger partial charge in [0.15, 0.2) is 6.10 Å². The fraction of sp³-hybridized carbons (Fsp3) is 0.333. The lowest BCUT2D eigenvalue weighted by Gasteiger charge is -2.21. The van der Waals surface area contributed by atoms with Gasteiger partial charge in [-0.3, -0.25) is 19.7 Å². The molecule has 2 atom stereocenters. The van der Waals surface area contributed by atoms with Crippen LogP contribution in [0.15, 0.2) is 66.7 Å². The van der Waals surface area contributed by atoms with Crippen LogP contribution in [0.4, 0.5) is 10.5 Å². The monoisotopic (exact) mass is 600 g/mol. The molecule has 3 aromatic carbocycles. The average Bonchev–Trinajstić information content (AvgIpc) is 3.56. The Hall–Kier alpha value is -4.31. The van der Waals surface area contributed by atoms with Gasteiger partial charge in [0.1, 0.15) is 23.1 Å². The second-order valence-electron chi connectivity index (χ2n) is 10.6. The van der Waals surface area contributed by atoms with Crippen LogP contribution in [0.2, 0.25) is 0 Å². The molecule has 2 N–H and O–H groups in total. The highest BCUT2D eigenvalue weighted by molar-refractivity contribution is 8.15. The number of ether oxygens (including phenoxy) is 2. The Morgan fingerprint density at radius 2 is 1.70 bits per heavy atom. The van der Waals surface area contributed by atoms with Gasteiger partial charge in [0, 0.05) is 25.2 Å². The highest BCUT2D eigenvalue weighted by Gasteiger charge is 2.31. The molecule has 5 rings (SSSR count). The molecular weight excluding hydrogens is 564 g/mol. The van der Waals surface area contributed by atoms with E-state index in [1.54, 1.807) is 6.92 Å². The normalized spacial score (nSPS) is 15.4. The minimum Gasteiger partial charge on any atom is -0.483 e. The number of thioether (sulfide) groups is 1. The molecule has 1 aliphatic heterocycles. The number of imide groups is 1. The molecule has 224 valence electrons. The van der Waals surface area contributed by atoms with Crippen molar-refractivity contribution in [1.82, 2.24) is 15.3 Å². The number of rotatable bonds is 13. The summed E-state index contributed by atoms with van der Waals surface area (Å²) in [6, 6.07) is 20.8. The minimum atomic E-state index is -0.399. The first-order valence-electron chi connectivity index (χ1n) is 14.6. The molecule has 9 nitrogen and oxygen atoms in total. The quantitative estimate of drug-likeness (QED) is 0.155. The van der Waals surface area contributed by atoms with Gasteiger partial charge in [-0.15, -0.1) is 0 Å². The largest absolute Gasteiger partial charge is 0.483 e. The molecule has 1 aromatic heterocycles. The number of H-pyrrole nitrogens is 1. The maximum Gasteiger partial charge on any atom is 0.286 e. The highest BCUT2D eigenvalue weighted by Crippen LogP contribution is 2.29. The number of nitrogens with zero attached hydrogens (tertiary/aromatic N) is 2. The van der Waals surface area contributed by atoms with E-state index in [4.69, 9.17) is 9.47 Å². The van der Waals surface area contributed by atoms with Crippen LogP contribution >= 0.6 is 11.8 Å². The van der Waals surface area contributed by atoms with Crippen molar-refractivity contribution in [2.24, 2.45) is 0 Å². The first-order valence-corrected chi connectivity index (χ1v) is 15.5. The maximum absolute atomic E-state index is 12.2. The second kappa shape index (κ2) is 13.8. The summed E-state index contributed by atoms with van der Waals surface area (Å²) >= 11 is 1.02. The zero-order valence-electron chi connectivity index (χ0n) is 24.6. The van der Waals surface area contributed by atoms with E-state index in [9.17, 15) is 14.4 Å². The molecule has 0 spiro atoms. The summed E-state index contributed by atoms with van der Waals surface area (Å²) in [4.78, 5) is 45.3. The number of amides is 3. The summed E-state index contributed by atoms with van der Waals surface area (Å²) in [6.45, 7) is 6.41. The zero-order valence-corrected chi connectivity index (χ0v) is 25.4. The number of unbranched alkanes of at least 4 members (excludes halogenated alkanes) is 3. The van der Waals surface area contributed by atoms with Crippen LogP contribution in [0.25, 0.3) is 11.0 Å². The molecule has 1 saturated heterocycles. The Morgan fingerprint density at radius 1 is 0.977 bits per heavy atom. The van der Waals surface area contributed by atoms with Crippen LogP contribution in [-0.4, -0.2) is 38.8 Å². The van der Waals surface area contributed by atoms with Crippen molar-refractivity contribution in [3.05, 3.63) is 78.1 Å². The summed E-state index contributed by atoms with van der Waals surface area (Å²) in [5, 5.41) is 1.62. The smallest absolute Gasteiger partial charge is 0.286 e. The van der Waals surface area contributed by atoms with Crippen molar-refractivity contribution < 1.29 is 23.9 Å². The number of imidazole rings is 1. The predicted octanol–water partition coefficient (Wildman–Crippen LogP) is 7.32. The Labute approximate surface area is 255 Å². The lowest BCUT2D eigenvalue weighted by Crippen LogP contribution is -2.29. The molecule has 3 amide bonds. The number of aromatic nitrogens is 2. The van der Waals surface area contributed by atoms with Crippen molar-refractivity contribution in [1.29, 1.82) is 0 Å². The van der Waals surface area contributed by atoms with Crippen molar-refractivity contribution in [3.63, 3.8) is 0 Å². The average molecular weight is 601 g/mol. The van der Waals surface area contributed by atoms with E-state index >= 15 is 0 Å². The Morgan fingerprint density at radius 3 is 2.37 bits per heavy atom. The van der Waals surface area contributed by atoms with Gasteiger partial charge in [0.05, 0.1) is 16.3 Å². The number of nitrogens with one attached hydrogen (secondary N) is 2. The molecule has 43 heavy (non-hydrogen) atoms. The summed E-state index contributed by atoms with van der Waals surface area (Å²) in [5.41, 5.74) is 3.44. The SMILES string of the molecule is CCCCCCN(C(C)=O)c1ccc(Oc2ccc3nc(C(C)Oc4ccc(CC5SC(=O)NC5=O)cc4)[nH]c3c2)cc1. The van der Waals surface area contributed by atoms with Crippen LogP contribution in [-0.2, 0) is 16.0 Å². The van der Waals surface area contributed by atoms with E-state index < -0.39 is 5.25 Å². The highest BCUT2D eigenvalue weighted by atomic mass is 32.2. The minimum absolute atomic E-state index is 0.0357. The molecule has 0 aliphatic carbocycles. The molecule has 1 aliphatic rings. The van der Waals surface area contributed by atoms with Gasteiger partial charge in [-0.05, 0) is 73.9 Å². The molecule has 1 fully saturated rings. The van der Waals surface area contributed by atoms with E-state index in [2.05, 4.69) is 22.2 Å². The summed E-state index contributed by atoms with van der Waals surface area (Å²) < 4.78 is 12.2. The molecule has 0 saturated carbocycles. The van der Waals surface area contributed by atoms with Gasteiger partial charge < -0.3 is 19.4 Å². The fourth-order valence-electron chi connectivity index (χ4n) is 4.97. The third-order valence-corrected chi connectivity index (χ3v) is 8.26. The standard InChI is InChI=1S/C33H36N4O5S/c1-4-5-6-7-18-37(22(3)38)24-10-14-26(15-11-24)42-27-16-17-28-29(20-27)35-31(34-28)21(2)41-25-12-8-23(9-13-25)19-30-32(39)36-33(40)43-30/h8-17,20-21,30H,4-7,18-19H2,1-3H3,(H,34,35)(H,36,39,40). The zero-order chi connectivity index (χ0) is 30.3. The van der Waals surface area contributed by atoms with Gasteiger partial charge in [-0.1, -0.05) is 50.1 Å². The summed E-state index contributed by atoms with van der Waals surface area (Å²) in [5.74, 6) is 2.49. The van der Waals surface area contributed by atoms with Gasteiger partial charge in [-0.25, -0.2) is 4.98 Å². The first-order chi connectivity index (χ1) is 20.8. The fourth-order valence-corrected chi connectivity index (χ4v) is 5.83. The Kier molecular flexibility index (Phi) is 9.66. The van der Waals surface area contributed by atoms with E-state index in [1.165, 1.54) is 6.42 Å². The summed E-state index contributed by atoms with van der Waals surface area (Å²) in [7, 11) is 0. The molecule has 0 bridgehead atoms. The Balaban J connectivity index is 1.19. The van der Waals surface area contributed by atoms with Gasteiger partial charge in [0.25, 0.3) is 5.24 Å². The summed E-state index contributed by atoms with van der Waals surface area (Å²) in [6.07, 6.45) is 4.58. The second-order valence-corrected chi connectivity index (χ2v) is 11.8. The lowest BCUT2D eigenvalue weighted by atomic mass is 10.1. The van der Waals surface area contributed by atoms with Crippen LogP contribution in [0.1, 0.15) is 63.9 Å². The number of benzene rings is 3. The Bertz CT molecular complexity index is 1590. The number of hydrogen-bond donors (Lipinski definition) is 2. The molecule has 2 unspecified atom stereocenters. The number of aromatic amines is 1. The first kappa shape index (κ1) is 30.2. The molecule has 4 aromatic rings. The predicted molar refractivity (Wildman–Crippen MR) is 169 cm³/mol. The van der Waals surface area contributed by atoms with E-state index in [0.717, 1.165) is 53.3 Å². The maximum atomic E-state index is 12.2. The van der Waals surface area contributed by atoms with Crippen molar-refractivity contribution in [2.75, 3.05) is 11.4 Å². The molecule has 2 heterocycles. The number of carbonyl (C=O) groups is 3. The number of fused-ring (bicyclic) bond motifs is 1. The van der Waals surface area contributed by atoms with E-state index in [-0.39, 0.29) is 23.2 Å². The number of carbonyl (C=O) groups excluding carboxylic acids is 3. The van der Waals surface area contributed by atoms with Gasteiger partial charge in [-0.2, -0.15) is 0 Å². The lowest BCUT2D eigenvalue weighted by molar-refractivity contribution is -0.119. The van der Waals surface area contributed by atoms with Crippen LogP contribution in [0.5, 0.6) is 17.2 Å². The molecule has 10 heteroatoms. The third-order valence-electron chi connectivity index (χ3n) is 7.28. The van der Waals surface area contributed by atoms with Gasteiger partial charge >= 0.3 is 0 Å². The van der Waals surface area contributed by atoms with Crippen molar-refractivity contribution >= 4 is 45.5 Å². The van der Waals surface area contributed by atoms with Crippen molar-refractivity contribution in [3.8, 4) is 17.2 Å². The molecular formula is C33H36N4O5S. The molecule has 0 radical (unpaired) electrons. The van der Waals surface area contributed by atoms with E-state index in [1.807, 2.05) is 78.6 Å². The van der Waals surface area contributed by atoms with Gasteiger partial charge in [0.2, 0.25) is 11.8 Å². The topological polar surface area (TPSA) is 114 Å². The number of anilines is 1. The van der Waals surface area contributed by atoms with Crippen LogP contribution in [0.3, 0.4) is 0 Å². The number of hydrogen-bond acceptors (Lipinski definition) is 7. The van der Waals surface area contributed by atoms with Crippen LogP contribution in [0, 0.1) is 0 Å². The van der Waals surface area contributed by atoms with Crippen LogP contribution < -0.4 is 19.7 Å². The van der Waals surface area contributed by atoms with E-state index in [0.29, 0.717) is 36.0 Å². The van der Waals surface area contributed by atoms with Crippen molar-refractivity contribution in [2.45, 2.75) is 64.2 Å².